The number of thioether (sulfide) groups is 1. The minimum atomic E-state index is 0.0152. The fraction of sp³-hybridized carbons (Fsp3) is 0.348. The number of hydrogen-bond acceptors (Lipinski definition) is 4. The van der Waals surface area contributed by atoms with Crippen molar-refractivity contribution in [3.63, 3.8) is 0 Å². The Morgan fingerprint density at radius 3 is 2.45 bits per heavy atom. The highest BCUT2D eigenvalue weighted by Crippen LogP contribution is 2.17. The smallest absolute Gasteiger partial charge is 0.230 e. The van der Waals surface area contributed by atoms with Gasteiger partial charge in [0.2, 0.25) is 5.91 Å². The molecule has 29 heavy (non-hydrogen) atoms. The second-order valence-electron chi connectivity index (χ2n) is 7.41. The lowest BCUT2D eigenvalue weighted by Crippen LogP contribution is -2.27. The SMILES string of the molecule is CC(C)c1ccc(CCNC(=O)CSc2nnc(Cc3ccccc3)n2C)cc1. The van der Waals surface area contributed by atoms with E-state index in [4.69, 9.17) is 0 Å². The predicted octanol–water partition coefficient (Wildman–Crippen LogP) is 3.98. The molecule has 0 radical (unpaired) electrons. The standard InChI is InChI=1S/C23H28N4OS/c1-17(2)20-11-9-18(10-12-20)13-14-24-22(28)16-29-23-26-25-21(27(23)3)15-19-7-5-4-6-8-19/h4-12,17H,13-16H2,1-3H3,(H,24,28). The first-order chi connectivity index (χ1) is 14.0. The molecule has 5 nitrogen and oxygen atoms in total. The third kappa shape index (κ3) is 6.19. The van der Waals surface area contributed by atoms with E-state index in [1.54, 1.807) is 0 Å². The van der Waals surface area contributed by atoms with Gasteiger partial charge in [0.25, 0.3) is 0 Å². The van der Waals surface area contributed by atoms with Crippen LogP contribution >= 0.6 is 11.8 Å². The van der Waals surface area contributed by atoms with Crippen LogP contribution in [0.25, 0.3) is 0 Å². The topological polar surface area (TPSA) is 59.8 Å². The molecule has 1 amide bonds. The molecule has 152 valence electrons. The third-order valence-electron chi connectivity index (χ3n) is 4.84. The van der Waals surface area contributed by atoms with Crippen molar-refractivity contribution in [1.29, 1.82) is 0 Å². The van der Waals surface area contributed by atoms with Gasteiger partial charge in [0.15, 0.2) is 5.16 Å². The largest absolute Gasteiger partial charge is 0.355 e. The van der Waals surface area contributed by atoms with E-state index in [-0.39, 0.29) is 5.91 Å². The van der Waals surface area contributed by atoms with Gasteiger partial charge < -0.3 is 9.88 Å². The molecule has 0 saturated heterocycles. The minimum Gasteiger partial charge on any atom is -0.355 e. The summed E-state index contributed by atoms with van der Waals surface area (Å²) in [5.41, 5.74) is 3.77. The normalized spacial score (nSPS) is 11.0. The summed E-state index contributed by atoms with van der Waals surface area (Å²) in [5, 5.41) is 12.2. The molecule has 2 aromatic carbocycles. The summed E-state index contributed by atoms with van der Waals surface area (Å²) in [6, 6.07) is 18.8. The average Bonchev–Trinajstić information content (AvgIpc) is 3.07. The Hall–Kier alpha value is -2.60. The molecule has 1 heterocycles. The van der Waals surface area contributed by atoms with E-state index < -0.39 is 0 Å². The summed E-state index contributed by atoms with van der Waals surface area (Å²) in [5.74, 6) is 1.78. The van der Waals surface area contributed by atoms with Gasteiger partial charge in [-0.15, -0.1) is 10.2 Å². The van der Waals surface area contributed by atoms with Crippen LogP contribution in [0.2, 0.25) is 0 Å². The van der Waals surface area contributed by atoms with Crippen molar-refractivity contribution < 1.29 is 4.79 Å². The lowest BCUT2D eigenvalue weighted by Gasteiger charge is -2.08. The maximum absolute atomic E-state index is 12.2. The van der Waals surface area contributed by atoms with E-state index in [9.17, 15) is 4.79 Å². The van der Waals surface area contributed by atoms with Gasteiger partial charge in [0.1, 0.15) is 5.82 Å². The second kappa shape index (κ2) is 10.3. The molecule has 6 heteroatoms. The van der Waals surface area contributed by atoms with Gasteiger partial charge in [-0.1, -0.05) is 80.2 Å². The quantitative estimate of drug-likeness (QED) is 0.544. The van der Waals surface area contributed by atoms with E-state index in [0.717, 1.165) is 23.8 Å². The number of carbonyl (C=O) groups is 1. The minimum absolute atomic E-state index is 0.0152. The van der Waals surface area contributed by atoms with Crippen LogP contribution in [0, 0.1) is 0 Å². The Morgan fingerprint density at radius 1 is 1.03 bits per heavy atom. The van der Waals surface area contributed by atoms with Gasteiger partial charge >= 0.3 is 0 Å². The van der Waals surface area contributed by atoms with E-state index in [1.807, 2.05) is 29.8 Å². The molecule has 3 aromatic rings. The number of nitrogens with one attached hydrogen (secondary N) is 1. The molecule has 0 spiro atoms. The first-order valence-corrected chi connectivity index (χ1v) is 10.9. The van der Waals surface area contributed by atoms with E-state index >= 15 is 0 Å². The van der Waals surface area contributed by atoms with Crippen LogP contribution in [0.3, 0.4) is 0 Å². The number of nitrogens with zero attached hydrogens (tertiary/aromatic N) is 3. The molecule has 0 aliphatic rings. The summed E-state index contributed by atoms with van der Waals surface area (Å²) < 4.78 is 1.96. The molecule has 0 saturated carbocycles. The Balaban J connectivity index is 1.42. The second-order valence-corrected chi connectivity index (χ2v) is 8.35. The summed E-state index contributed by atoms with van der Waals surface area (Å²) in [7, 11) is 1.94. The lowest BCUT2D eigenvalue weighted by atomic mass is 10.0. The molecular weight excluding hydrogens is 380 g/mol. The number of rotatable bonds is 9. The molecule has 0 atom stereocenters. The Morgan fingerprint density at radius 2 is 1.76 bits per heavy atom. The number of benzene rings is 2. The molecule has 0 aliphatic heterocycles. The Bertz CT molecular complexity index is 920. The zero-order chi connectivity index (χ0) is 20.6. The zero-order valence-corrected chi connectivity index (χ0v) is 18.1. The highest BCUT2D eigenvalue weighted by Gasteiger charge is 2.12. The number of hydrogen-bond donors (Lipinski definition) is 1. The van der Waals surface area contributed by atoms with Crippen LogP contribution in [0.15, 0.2) is 59.8 Å². The third-order valence-corrected chi connectivity index (χ3v) is 5.86. The summed E-state index contributed by atoms with van der Waals surface area (Å²) >= 11 is 1.42. The zero-order valence-electron chi connectivity index (χ0n) is 17.3. The van der Waals surface area contributed by atoms with E-state index in [0.29, 0.717) is 18.2 Å². The molecule has 0 unspecified atom stereocenters. The van der Waals surface area contributed by atoms with Crippen LogP contribution < -0.4 is 5.32 Å². The van der Waals surface area contributed by atoms with Crippen LogP contribution in [-0.2, 0) is 24.7 Å². The Labute approximate surface area is 176 Å². The first-order valence-electron chi connectivity index (χ1n) is 9.93. The van der Waals surface area contributed by atoms with Crippen LogP contribution in [0.1, 0.15) is 42.3 Å². The van der Waals surface area contributed by atoms with Gasteiger partial charge in [-0.05, 0) is 29.0 Å². The van der Waals surface area contributed by atoms with Crippen molar-refractivity contribution in [2.45, 2.75) is 37.8 Å². The molecule has 0 fully saturated rings. The average molecular weight is 409 g/mol. The molecule has 0 aliphatic carbocycles. The summed E-state index contributed by atoms with van der Waals surface area (Å²) in [6.45, 7) is 5.02. The highest BCUT2D eigenvalue weighted by molar-refractivity contribution is 7.99. The first kappa shape index (κ1) is 21.1. The lowest BCUT2D eigenvalue weighted by molar-refractivity contribution is -0.118. The fourth-order valence-electron chi connectivity index (χ4n) is 3.00. The van der Waals surface area contributed by atoms with Crippen molar-refractivity contribution in [3.8, 4) is 0 Å². The maximum Gasteiger partial charge on any atom is 0.230 e. The van der Waals surface area contributed by atoms with Gasteiger partial charge in [-0.3, -0.25) is 4.79 Å². The molecule has 3 rings (SSSR count). The van der Waals surface area contributed by atoms with E-state index in [2.05, 4.69) is 65.8 Å². The van der Waals surface area contributed by atoms with Crippen molar-refractivity contribution in [2.24, 2.45) is 7.05 Å². The van der Waals surface area contributed by atoms with Gasteiger partial charge in [0, 0.05) is 20.0 Å². The number of carbonyl (C=O) groups excluding carboxylic acids is 1. The summed E-state index contributed by atoms with van der Waals surface area (Å²) in [6.07, 6.45) is 1.56. The molecular formula is C23H28N4OS. The maximum atomic E-state index is 12.2. The van der Waals surface area contributed by atoms with Gasteiger partial charge in [-0.2, -0.15) is 0 Å². The van der Waals surface area contributed by atoms with Gasteiger partial charge in [0.05, 0.1) is 5.75 Å². The van der Waals surface area contributed by atoms with Crippen molar-refractivity contribution >= 4 is 17.7 Å². The monoisotopic (exact) mass is 408 g/mol. The summed E-state index contributed by atoms with van der Waals surface area (Å²) in [4.78, 5) is 12.2. The van der Waals surface area contributed by atoms with Crippen molar-refractivity contribution in [3.05, 3.63) is 77.1 Å². The fourth-order valence-corrected chi connectivity index (χ4v) is 3.76. The molecule has 0 bridgehead atoms. The van der Waals surface area contributed by atoms with Crippen molar-refractivity contribution in [1.82, 2.24) is 20.1 Å². The number of amides is 1. The molecule has 1 N–H and O–H groups in total. The predicted molar refractivity (Wildman–Crippen MR) is 118 cm³/mol. The van der Waals surface area contributed by atoms with Crippen molar-refractivity contribution in [2.75, 3.05) is 12.3 Å². The van der Waals surface area contributed by atoms with Crippen LogP contribution in [-0.4, -0.2) is 33.0 Å². The van der Waals surface area contributed by atoms with E-state index in [1.165, 1.54) is 28.5 Å². The molecule has 1 aromatic heterocycles. The number of aromatic nitrogens is 3. The van der Waals surface area contributed by atoms with Crippen LogP contribution in [0.4, 0.5) is 0 Å². The Kier molecular flexibility index (Phi) is 7.47. The van der Waals surface area contributed by atoms with Gasteiger partial charge in [-0.25, -0.2) is 0 Å². The highest BCUT2D eigenvalue weighted by atomic mass is 32.2. The van der Waals surface area contributed by atoms with Crippen LogP contribution in [0.5, 0.6) is 0 Å².